The first-order valence-electron chi connectivity index (χ1n) is 15.9. The van der Waals surface area contributed by atoms with Crippen LogP contribution in [0.2, 0.25) is 5.02 Å². The van der Waals surface area contributed by atoms with Crippen molar-refractivity contribution in [3.63, 3.8) is 0 Å². The molecule has 48 heavy (non-hydrogen) atoms. The van der Waals surface area contributed by atoms with Crippen molar-refractivity contribution in [3.8, 4) is 11.5 Å². The maximum Gasteiger partial charge on any atom is 0.228 e. The number of aromatic hydroxyl groups is 1. The van der Waals surface area contributed by atoms with Crippen molar-refractivity contribution in [2.75, 3.05) is 10.2 Å². The molecule has 0 fully saturated rings. The van der Waals surface area contributed by atoms with Crippen LogP contribution in [0.15, 0.2) is 103 Å². The van der Waals surface area contributed by atoms with Crippen LogP contribution < -0.4 is 20.3 Å². The molecule has 1 atom stereocenters. The molecule has 0 radical (unpaired) electrons. The fourth-order valence-electron chi connectivity index (χ4n) is 6.31. The minimum atomic E-state index is -0.930. The number of para-hydroxylation sites is 1. The Bertz CT molecular complexity index is 1880. The summed E-state index contributed by atoms with van der Waals surface area (Å²) in [5, 5.41) is 17.5. The molecule has 0 saturated heterocycles. The summed E-state index contributed by atoms with van der Waals surface area (Å²) in [5.74, 6) is -0.374. The Balaban J connectivity index is 1.37. The number of phenols is 1. The van der Waals surface area contributed by atoms with E-state index >= 15 is 0 Å². The Hall–Kier alpha value is -5.15. The van der Waals surface area contributed by atoms with Crippen LogP contribution in [0.1, 0.15) is 62.3 Å². The number of halogens is 1. The van der Waals surface area contributed by atoms with Crippen molar-refractivity contribution in [1.82, 2.24) is 10.3 Å². The second-order valence-electron chi connectivity index (χ2n) is 12.9. The zero-order chi connectivity index (χ0) is 33.8. The number of Topliss-reactive ketones (excluding diaryl/α,β-unsaturated/α-hetero) is 1. The van der Waals surface area contributed by atoms with Crippen molar-refractivity contribution in [2.45, 2.75) is 58.7 Å². The number of allylic oxidation sites excluding steroid dienone is 1. The molecule has 9 nitrogen and oxygen atoms in total. The highest BCUT2D eigenvalue weighted by Gasteiger charge is 2.44. The zero-order valence-electron chi connectivity index (χ0n) is 26.8. The molecule has 2 heterocycles. The molecule has 1 aliphatic carbocycles. The van der Waals surface area contributed by atoms with E-state index in [1.165, 1.54) is 11.0 Å². The molecular formula is C38H37ClN4O5. The smallest absolute Gasteiger partial charge is 0.228 e. The van der Waals surface area contributed by atoms with Gasteiger partial charge in [-0.15, -0.1) is 0 Å². The number of aromatic nitrogens is 1. The number of hydrogen-bond acceptors (Lipinski definition) is 7. The third-order valence-electron chi connectivity index (χ3n) is 8.57. The number of pyridine rings is 1. The highest BCUT2D eigenvalue weighted by molar-refractivity contribution is 6.31. The first kappa shape index (κ1) is 32.8. The average molecular weight is 665 g/mol. The van der Waals surface area contributed by atoms with Crippen LogP contribution in [-0.2, 0) is 27.5 Å². The first-order valence-corrected chi connectivity index (χ1v) is 16.3. The van der Waals surface area contributed by atoms with Gasteiger partial charge in [-0.05, 0) is 58.9 Å². The van der Waals surface area contributed by atoms with Crippen LogP contribution in [0.4, 0.5) is 11.4 Å². The van der Waals surface area contributed by atoms with Gasteiger partial charge in [-0.1, -0.05) is 74.0 Å². The highest BCUT2D eigenvalue weighted by Crippen LogP contribution is 2.51. The molecule has 2 aliphatic rings. The highest BCUT2D eigenvalue weighted by atomic mass is 35.5. The largest absolute Gasteiger partial charge is 0.506 e. The summed E-state index contributed by atoms with van der Waals surface area (Å²) < 4.78 is 6.02. The van der Waals surface area contributed by atoms with E-state index in [1.807, 2.05) is 50.2 Å². The number of phenolic OH excluding ortho intramolecular Hbond substituents is 1. The molecule has 10 heteroatoms. The lowest BCUT2D eigenvalue weighted by Crippen LogP contribution is -2.40. The van der Waals surface area contributed by atoms with Crippen LogP contribution in [0, 0.1) is 5.41 Å². The number of benzene rings is 3. The summed E-state index contributed by atoms with van der Waals surface area (Å²) in [7, 11) is 0. The molecule has 246 valence electrons. The van der Waals surface area contributed by atoms with E-state index in [0.717, 1.165) is 11.1 Å². The first-order chi connectivity index (χ1) is 23.1. The molecule has 1 aromatic heterocycles. The van der Waals surface area contributed by atoms with E-state index in [4.69, 9.17) is 16.3 Å². The Morgan fingerprint density at radius 3 is 2.56 bits per heavy atom. The van der Waals surface area contributed by atoms with Crippen molar-refractivity contribution in [1.29, 1.82) is 0 Å². The number of carbonyl (C=O) groups is 3. The minimum absolute atomic E-state index is 0.0707. The number of ether oxygens (including phenoxy) is 1. The Morgan fingerprint density at radius 1 is 1.02 bits per heavy atom. The van der Waals surface area contributed by atoms with Gasteiger partial charge < -0.3 is 20.5 Å². The van der Waals surface area contributed by atoms with Gasteiger partial charge in [0.05, 0.1) is 11.7 Å². The van der Waals surface area contributed by atoms with Crippen molar-refractivity contribution in [2.24, 2.45) is 5.41 Å². The number of fused-ring (bicyclic) bond motifs is 1. The Labute approximate surface area is 284 Å². The van der Waals surface area contributed by atoms with Gasteiger partial charge in [-0.25, -0.2) is 0 Å². The number of rotatable bonds is 9. The molecule has 0 saturated carbocycles. The standard InChI is InChI=1S/C38H37ClN4O5/c1-38(2)19-29-35(32(45)20-38)37(27-14-13-26(18-28(27)39)48-23-24-8-4-3-5-9-24)43(30-11-6-12-31(44)36(30)42-29)34(47)16-15-33(46)41-22-25-10-7-17-40-21-25/h3-14,17-18,21,37,42,44H,15-16,19-20,22-23H2,1-2H3,(H,41,46). The monoisotopic (exact) mass is 664 g/mol. The van der Waals surface area contributed by atoms with Gasteiger partial charge in [0, 0.05) is 54.5 Å². The van der Waals surface area contributed by atoms with Crippen molar-refractivity contribution in [3.05, 3.63) is 124 Å². The number of amides is 2. The van der Waals surface area contributed by atoms with Crippen LogP contribution in [0.3, 0.4) is 0 Å². The predicted molar refractivity (Wildman–Crippen MR) is 185 cm³/mol. The van der Waals surface area contributed by atoms with Gasteiger partial charge >= 0.3 is 0 Å². The van der Waals surface area contributed by atoms with E-state index in [-0.39, 0.29) is 48.7 Å². The quantitative estimate of drug-likeness (QED) is 0.161. The molecule has 0 bridgehead atoms. The Kier molecular flexibility index (Phi) is 9.50. The minimum Gasteiger partial charge on any atom is -0.506 e. The zero-order valence-corrected chi connectivity index (χ0v) is 27.6. The van der Waals surface area contributed by atoms with Crippen molar-refractivity contribution < 1.29 is 24.2 Å². The number of hydrogen-bond donors (Lipinski definition) is 3. The normalized spacial score (nSPS) is 16.7. The second kappa shape index (κ2) is 13.9. The van der Waals surface area contributed by atoms with Crippen molar-refractivity contribution >= 4 is 40.6 Å². The van der Waals surface area contributed by atoms with Crippen LogP contribution in [-0.4, -0.2) is 27.7 Å². The summed E-state index contributed by atoms with van der Waals surface area (Å²) in [5.41, 5.74) is 3.71. The van der Waals surface area contributed by atoms with Crippen LogP contribution >= 0.6 is 11.6 Å². The number of anilines is 2. The van der Waals surface area contributed by atoms with Gasteiger partial charge in [0.2, 0.25) is 11.8 Å². The summed E-state index contributed by atoms with van der Waals surface area (Å²) >= 11 is 7.00. The second-order valence-corrected chi connectivity index (χ2v) is 13.3. The average Bonchev–Trinajstić information content (AvgIpc) is 3.21. The molecule has 1 unspecified atom stereocenters. The van der Waals surface area contributed by atoms with E-state index in [0.29, 0.717) is 52.0 Å². The van der Waals surface area contributed by atoms with Gasteiger partial charge in [-0.3, -0.25) is 24.3 Å². The van der Waals surface area contributed by atoms with Gasteiger partial charge in [0.25, 0.3) is 0 Å². The number of nitrogens with zero attached hydrogens (tertiary/aromatic N) is 2. The maximum atomic E-state index is 14.4. The lowest BCUT2D eigenvalue weighted by atomic mass is 9.73. The summed E-state index contributed by atoms with van der Waals surface area (Å²) in [4.78, 5) is 46.9. The summed E-state index contributed by atoms with van der Waals surface area (Å²) in [6, 6.07) is 22.6. The molecule has 6 rings (SSSR count). The summed E-state index contributed by atoms with van der Waals surface area (Å²) in [6.07, 6.45) is 3.86. The topological polar surface area (TPSA) is 121 Å². The van der Waals surface area contributed by atoms with E-state index < -0.39 is 11.9 Å². The number of ketones is 1. The fourth-order valence-corrected chi connectivity index (χ4v) is 6.58. The predicted octanol–water partition coefficient (Wildman–Crippen LogP) is 7.26. The van der Waals surface area contributed by atoms with Gasteiger partial charge in [-0.2, -0.15) is 0 Å². The number of carbonyl (C=O) groups excluding carboxylic acids is 3. The number of nitrogens with one attached hydrogen (secondary N) is 2. The van der Waals surface area contributed by atoms with E-state index in [9.17, 15) is 19.5 Å². The van der Waals surface area contributed by atoms with E-state index in [1.54, 1.807) is 48.8 Å². The molecular weight excluding hydrogens is 628 g/mol. The van der Waals surface area contributed by atoms with E-state index in [2.05, 4.69) is 15.6 Å². The third kappa shape index (κ3) is 7.21. The molecule has 3 aromatic carbocycles. The Morgan fingerprint density at radius 2 is 1.81 bits per heavy atom. The molecule has 3 N–H and O–H groups in total. The van der Waals surface area contributed by atoms with Gasteiger partial charge in [0.15, 0.2) is 5.78 Å². The SMILES string of the molecule is CC1(C)CC(=O)C2=C(C1)Nc1c(O)cccc1N(C(=O)CCC(=O)NCc1cccnc1)C2c1ccc(OCc2ccccc2)cc1Cl. The van der Waals surface area contributed by atoms with Crippen LogP contribution in [0.25, 0.3) is 0 Å². The lowest BCUT2D eigenvalue weighted by Gasteiger charge is -2.37. The third-order valence-corrected chi connectivity index (χ3v) is 8.90. The summed E-state index contributed by atoms with van der Waals surface area (Å²) in [6.45, 7) is 4.65. The maximum absolute atomic E-state index is 14.4. The van der Waals surface area contributed by atoms with Crippen LogP contribution in [0.5, 0.6) is 11.5 Å². The fraction of sp³-hybridized carbons (Fsp3) is 0.263. The van der Waals surface area contributed by atoms with Gasteiger partial charge in [0.1, 0.15) is 23.8 Å². The molecule has 2 amide bonds. The lowest BCUT2D eigenvalue weighted by molar-refractivity contribution is -0.125. The molecule has 0 spiro atoms. The molecule has 1 aliphatic heterocycles. The molecule has 4 aromatic rings.